The average Bonchev–Trinajstić information content (AvgIpc) is 2.47. The summed E-state index contributed by atoms with van der Waals surface area (Å²) in [4.78, 5) is 46.5. The maximum absolute atomic E-state index is 12.1. The third kappa shape index (κ3) is 8.65. The SMILES string of the molecule is CC(C)C(=O)OOP(=O)(OOC(=O)C(C)C)OOC(=O)C(C)C. The second kappa shape index (κ2) is 9.61. The molecule has 134 valence electrons. The molecule has 0 spiro atoms. The molecule has 0 unspecified atom stereocenters. The molecule has 0 saturated carbocycles. The Kier molecular flexibility index (Phi) is 8.99. The number of rotatable bonds is 9. The highest BCUT2D eigenvalue weighted by Gasteiger charge is 2.38. The van der Waals surface area contributed by atoms with Gasteiger partial charge in [-0.2, -0.15) is 0 Å². The van der Waals surface area contributed by atoms with Crippen LogP contribution in [0.25, 0.3) is 0 Å². The quantitative estimate of drug-likeness (QED) is 0.346. The molecule has 0 saturated heterocycles. The number of hydrogen-bond donors (Lipinski definition) is 0. The van der Waals surface area contributed by atoms with E-state index < -0.39 is 43.5 Å². The van der Waals surface area contributed by atoms with Gasteiger partial charge < -0.3 is 0 Å². The Bertz CT molecular complexity index is 404. The summed E-state index contributed by atoms with van der Waals surface area (Å²) < 4.78 is 24.8. The Morgan fingerprint density at radius 3 is 1.00 bits per heavy atom. The molecule has 10 nitrogen and oxygen atoms in total. The van der Waals surface area contributed by atoms with Gasteiger partial charge in [0.2, 0.25) is 0 Å². The molecule has 23 heavy (non-hydrogen) atoms. The van der Waals surface area contributed by atoms with Crippen LogP contribution < -0.4 is 0 Å². The molecule has 0 rings (SSSR count). The van der Waals surface area contributed by atoms with Gasteiger partial charge in [0.1, 0.15) is 0 Å². The minimum Gasteiger partial charge on any atom is -0.287 e. The molecule has 0 aromatic heterocycles. The Morgan fingerprint density at radius 2 is 0.826 bits per heavy atom. The van der Waals surface area contributed by atoms with E-state index in [9.17, 15) is 18.9 Å². The van der Waals surface area contributed by atoms with E-state index >= 15 is 0 Å². The van der Waals surface area contributed by atoms with Crippen LogP contribution in [0.15, 0.2) is 0 Å². The zero-order chi connectivity index (χ0) is 18.2. The van der Waals surface area contributed by atoms with Crippen LogP contribution in [0.2, 0.25) is 0 Å². The summed E-state index contributed by atoms with van der Waals surface area (Å²) in [6.45, 7) is 8.89. The van der Waals surface area contributed by atoms with Crippen molar-refractivity contribution in [2.24, 2.45) is 17.8 Å². The number of carbonyl (C=O) groups excluding carboxylic acids is 3. The van der Waals surface area contributed by atoms with Crippen LogP contribution in [0.3, 0.4) is 0 Å². The van der Waals surface area contributed by atoms with E-state index in [1.54, 1.807) is 0 Å². The molecule has 0 aliphatic rings. The van der Waals surface area contributed by atoms with E-state index in [0.717, 1.165) is 0 Å². The molecule has 0 radical (unpaired) electrons. The fraction of sp³-hybridized carbons (Fsp3) is 0.750. The van der Waals surface area contributed by atoms with Gasteiger partial charge in [-0.3, -0.25) is 14.7 Å². The lowest BCUT2D eigenvalue weighted by molar-refractivity contribution is -0.299. The monoisotopic (exact) mass is 356 g/mol. The van der Waals surface area contributed by atoms with Gasteiger partial charge >= 0.3 is 25.7 Å². The van der Waals surface area contributed by atoms with E-state index in [0.29, 0.717) is 0 Å². The molecule has 0 amide bonds. The van der Waals surface area contributed by atoms with Gasteiger partial charge in [0, 0.05) is 0 Å². The maximum Gasteiger partial charge on any atom is 0.584 e. The van der Waals surface area contributed by atoms with Crippen molar-refractivity contribution in [3.63, 3.8) is 0 Å². The summed E-state index contributed by atoms with van der Waals surface area (Å²) >= 11 is 0. The Labute approximate surface area is 133 Å². The molecule has 0 aromatic rings. The highest BCUT2D eigenvalue weighted by atomic mass is 31.2. The van der Waals surface area contributed by atoms with Crippen LogP contribution in [-0.4, -0.2) is 17.9 Å². The third-order valence-electron chi connectivity index (χ3n) is 2.05. The highest BCUT2D eigenvalue weighted by molar-refractivity contribution is 7.48. The second-order valence-electron chi connectivity index (χ2n) is 5.34. The summed E-state index contributed by atoms with van der Waals surface area (Å²) in [5.74, 6) is -4.53. The van der Waals surface area contributed by atoms with Crippen molar-refractivity contribution in [2.75, 3.05) is 0 Å². The zero-order valence-electron chi connectivity index (χ0n) is 13.8. The molecule has 0 fully saturated rings. The molecule has 0 heterocycles. The molecule has 0 aliphatic heterocycles. The first-order valence-electron chi connectivity index (χ1n) is 6.79. The number of phosphoric acid groups is 1. The van der Waals surface area contributed by atoms with Crippen molar-refractivity contribution in [2.45, 2.75) is 41.5 Å². The summed E-state index contributed by atoms with van der Waals surface area (Å²) in [5.41, 5.74) is 0. The van der Waals surface area contributed by atoms with Gasteiger partial charge in [0.05, 0.1) is 17.8 Å². The van der Waals surface area contributed by atoms with Gasteiger partial charge in [-0.25, -0.2) is 18.9 Å². The normalized spacial score (nSPS) is 11.7. The van der Waals surface area contributed by atoms with E-state index in [-0.39, 0.29) is 0 Å². The topological polar surface area (TPSA) is 124 Å². The summed E-state index contributed by atoms with van der Waals surface area (Å²) in [7, 11) is -4.83. The standard InChI is InChI=1S/C12H21O10P/c1-7(2)10(13)17-20-23(16,21-18-11(14)8(3)4)22-19-12(15)9(5)6/h7-9H,1-6H3. The van der Waals surface area contributed by atoms with Gasteiger partial charge in [0.15, 0.2) is 0 Å². The van der Waals surface area contributed by atoms with Crippen molar-refractivity contribution < 1.29 is 47.6 Å². The first kappa shape index (κ1) is 21.5. The molecular formula is C12H21O10P. The van der Waals surface area contributed by atoms with Crippen molar-refractivity contribution in [3.05, 3.63) is 0 Å². The Morgan fingerprint density at radius 1 is 0.609 bits per heavy atom. The summed E-state index contributed by atoms with van der Waals surface area (Å²) in [6, 6.07) is 0. The van der Waals surface area contributed by atoms with E-state index in [1.807, 2.05) is 0 Å². The maximum atomic E-state index is 12.1. The average molecular weight is 356 g/mol. The lowest BCUT2D eigenvalue weighted by Gasteiger charge is -2.14. The minimum atomic E-state index is -4.83. The second-order valence-corrected chi connectivity index (χ2v) is 6.68. The molecule has 0 aliphatic carbocycles. The predicted octanol–water partition coefficient (Wildman–Crippen LogP) is 2.49. The van der Waals surface area contributed by atoms with E-state index in [1.165, 1.54) is 41.5 Å². The zero-order valence-corrected chi connectivity index (χ0v) is 14.7. The smallest absolute Gasteiger partial charge is 0.287 e. The highest BCUT2D eigenvalue weighted by Crippen LogP contribution is 2.50. The predicted molar refractivity (Wildman–Crippen MR) is 73.7 cm³/mol. The number of carbonyl (C=O) groups is 3. The first-order chi connectivity index (χ1) is 10.5. The van der Waals surface area contributed by atoms with Crippen molar-refractivity contribution in [3.8, 4) is 0 Å². The minimum absolute atomic E-state index is 0.611. The van der Waals surface area contributed by atoms with Gasteiger partial charge in [0.25, 0.3) is 0 Å². The van der Waals surface area contributed by atoms with Crippen LogP contribution in [0.1, 0.15) is 41.5 Å². The fourth-order valence-electron chi connectivity index (χ4n) is 0.573. The van der Waals surface area contributed by atoms with Crippen molar-refractivity contribution in [1.82, 2.24) is 0 Å². The summed E-state index contributed by atoms with van der Waals surface area (Å²) in [5, 5.41) is 0. The lowest BCUT2D eigenvalue weighted by Crippen LogP contribution is -2.17. The molecule has 0 bridgehead atoms. The summed E-state index contributed by atoms with van der Waals surface area (Å²) in [6.07, 6.45) is 0. The van der Waals surface area contributed by atoms with Crippen LogP contribution in [0, 0.1) is 17.8 Å². The van der Waals surface area contributed by atoms with Crippen molar-refractivity contribution >= 4 is 25.7 Å². The van der Waals surface area contributed by atoms with Crippen LogP contribution in [0.5, 0.6) is 0 Å². The third-order valence-corrected chi connectivity index (χ3v) is 2.82. The lowest BCUT2D eigenvalue weighted by atomic mass is 10.2. The first-order valence-corrected chi connectivity index (χ1v) is 8.25. The Balaban J connectivity index is 4.82. The molecule has 0 atom stereocenters. The van der Waals surface area contributed by atoms with Crippen LogP contribution in [-0.2, 0) is 47.6 Å². The molecule has 0 aromatic carbocycles. The molecule has 11 heteroatoms. The largest absolute Gasteiger partial charge is 0.584 e. The van der Waals surface area contributed by atoms with E-state index in [2.05, 4.69) is 28.7 Å². The van der Waals surface area contributed by atoms with Gasteiger partial charge in [-0.05, 0) is 0 Å². The van der Waals surface area contributed by atoms with Gasteiger partial charge in [-0.1, -0.05) is 55.6 Å². The number of hydrogen-bond acceptors (Lipinski definition) is 10. The molecule has 0 N–H and O–H groups in total. The molecular weight excluding hydrogens is 335 g/mol. The Hall–Kier alpha value is -1.48. The fourth-order valence-corrected chi connectivity index (χ4v) is 1.14. The van der Waals surface area contributed by atoms with Crippen molar-refractivity contribution in [1.29, 1.82) is 0 Å². The van der Waals surface area contributed by atoms with Crippen LogP contribution >= 0.6 is 7.82 Å². The van der Waals surface area contributed by atoms with Crippen LogP contribution in [0.4, 0.5) is 0 Å². The van der Waals surface area contributed by atoms with E-state index in [4.69, 9.17) is 0 Å². The van der Waals surface area contributed by atoms with Gasteiger partial charge in [-0.15, -0.1) is 0 Å².